The summed E-state index contributed by atoms with van der Waals surface area (Å²) in [6, 6.07) is 14.5. The number of benzene rings is 2. The van der Waals surface area contributed by atoms with Gasteiger partial charge < -0.3 is 10.5 Å². The largest absolute Gasteiger partial charge is 0.484 e. The molecule has 0 saturated carbocycles. The second-order valence-corrected chi connectivity index (χ2v) is 5.21. The zero-order valence-corrected chi connectivity index (χ0v) is 12.6. The van der Waals surface area contributed by atoms with Crippen LogP contribution in [0.3, 0.4) is 0 Å². The summed E-state index contributed by atoms with van der Waals surface area (Å²) in [5.41, 5.74) is 7.42. The molecular formula is C18H22FNO. The first-order chi connectivity index (χ1) is 10.2. The van der Waals surface area contributed by atoms with Crippen molar-refractivity contribution in [2.75, 3.05) is 6.54 Å². The van der Waals surface area contributed by atoms with Crippen molar-refractivity contribution in [1.82, 2.24) is 0 Å². The van der Waals surface area contributed by atoms with Gasteiger partial charge in [-0.3, -0.25) is 0 Å². The van der Waals surface area contributed by atoms with Gasteiger partial charge in [0, 0.05) is 12.1 Å². The first-order valence-electron chi connectivity index (χ1n) is 7.37. The van der Waals surface area contributed by atoms with Gasteiger partial charge in [-0.25, -0.2) is 4.39 Å². The minimum Gasteiger partial charge on any atom is -0.484 e. The smallest absolute Gasteiger partial charge is 0.139 e. The number of rotatable bonds is 6. The van der Waals surface area contributed by atoms with Crippen LogP contribution in [-0.4, -0.2) is 6.54 Å². The molecule has 0 heterocycles. The van der Waals surface area contributed by atoms with E-state index in [9.17, 15) is 4.39 Å². The van der Waals surface area contributed by atoms with Gasteiger partial charge >= 0.3 is 0 Å². The third kappa shape index (κ3) is 3.61. The number of para-hydroxylation sites is 1. The van der Waals surface area contributed by atoms with Crippen LogP contribution >= 0.6 is 0 Å². The summed E-state index contributed by atoms with van der Waals surface area (Å²) in [6.07, 6.45) is 0.546. The van der Waals surface area contributed by atoms with Gasteiger partial charge in [0.25, 0.3) is 0 Å². The zero-order valence-electron chi connectivity index (χ0n) is 12.6. The normalized spacial score (nSPS) is 13.7. The van der Waals surface area contributed by atoms with Gasteiger partial charge in [0.1, 0.15) is 17.7 Å². The Balaban J connectivity index is 2.30. The molecule has 3 heteroatoms. The average molecular weight is 287 g/mol. The van der Waals surface area contributed by atoms with Gasteiger partial charge in [0.15, 0.2) is 0 Å². The summed E-state index contributed by atoms with van der Waals surface area (Å²) in [5.74, 6) is 0.889. The molecule has 2 atom stereocenters. The molecule has 0 aliphatic rings. The van der Waals surface area contributed by atoms with Crippen molar-refractivity contribution in [3.05, 3.63) is 65.5 Å². The highest BCUT2D eigenvalue weighted by Crippen LogP contribution is 2.32. The Kier molecular flexibility index (Phi) is 5.34. The second-order valence-electron chi connectivity index (χ2n) is 5.21. The SMILES string of the molecule is CCC(C)c1ccccc1OC(CN)c1ccccc1F. The van der Waals surface area contributed by atoms with Crippen LogP contribution in [0, 0.1) is 5.82 Å². The number of hydrogen-bond donors (Lipinski definition) is 1. The minimum atomic E-state index is -0.476. The van der Waals surface area contributed by atoms with E-state index in [2.05, 4.69) is 19.9 Å². The molecule has 0 amide bonds. The second kappa shape index (κ2) is 7.23. The maximum absolute atomic E-state index is 13.9. The Bertz CT molecular complexity index is 585. The molecule has 2 aromatic carbocycles. The molecule has 0 bridgehead atoms. The molecule has 21 heavy (non-hydrogen) atoms. The molecule has 112 valence electrons. The minimum absolute atomic E-state index is 0.232. The summed E-state index contributed by atoms with van der Waals surface area (Å²) in [6.45, 7) is 4.53. The van der Waals surface area contributed by atoms with Crippen LogP contribution in [0.25, 0.3) is 0 Å². The van der Waals surface area contributed by atoms with E-state index in [1.165, 1.54) is 6.07 Å². The predicted molar refractivity (Wildman–Crippen MR) is 84.0 cm³/mol. The lowest BCUT2D eigenvalue weighted by Gasteiger charge is -2.22. The Morgan fingerprint density at radius 3 is 2.29 bits per heavy atom. The maximum atomic E-state index is 13.9. The predicted octanol–water partition coefficient (Wildman–Crippen LogP) is 4.42. The number of nitrogens with two attached hydrogens (primary N) is 1. The van der Waals surface area contributed by atoms with Crippen molar-refractivity contribution >= 4 is 0 Å². The van der Waals surface area contributed by atoms with Gasteiger partial charge in [0.2, 0.25) is 0 Å². The molecule has 2 nitrogen and oxygen atoms in total. The van der Waals surface area contributed by atoms with Crippen LogP contribution in [-0.2, 0) is 0 Å². The van der Waals surface area contributed by atoms with Crippen molar-refractivity contribution in [2.24, 2.45) is 5.73 Å². The number of ether oxygens (including phenoxy) is 1. The van der Waals surface area contributed by atoms with Gasteiger partial charge in [-0.1, -0.05) is 50.2 Å². The molecule has 0 aliphatic heterocycles. The number of hydrogen-bond acceptors (Lipinski definition) is 2. The average Bonchev–Trinajstić information content (AvgIpc) is 2.53. The molecule has 0 aromatic heterocycles. The van der Waals surface area contributed by atoms with E-state index in [4.69, 9.17) is 10.5 Å². The van der Waals surface area contributed by atoms with E-state index < -0.39 is 6.10 Å². The zero-order chi connectivity index (χ0) is 15.2. The van der Waals surface area contributed by atoms with Crippen molar-refractivity contribution in [2.45, 2.75) is 32.3 Å². The summed E-state index contributed by atoms with van der Waals surface area (Å²) in [5, 5.41) is 0. The van der Waals surface area contributed by atoms with E-state index in [1.807, 2.05) is 18.2 Å². The fourth-order valence-corrected chi connectivity index (χ4v) is 2.34. The van der Waals surface area contributed by atoms with E-state index in [0.717, 1.165) is 17.7 Å². The molecule has 0 saturated heterocycles. The van der Waals surface area contributed by atoms with E-state index in [-0.39, 0.29) is 12.4 Å². The Morgan fingerprint density at radius 2 is 1.67 bits per heavy atom. The van der Waals surface area contributed by atoms with Crippen molar-refractivity contribution in [1.29, 1.82) is 0 Å². The van der Waals surface area contributed by atoms with E-state index in [1.54, 1.807) is 18.2 Å². The molecule has 0 radical (unpaired) electrons. The van der Waals surface area contributed by atoms with Gasteiger partial charge in [-0.05, 0) is 30.0 Å². The lowest BCUT2D eigenvalue weighted by atomic mass is 9.97. The van der Waals surface area contributed by atoms with Crippen LogP contribution in [0.15, 0.2) is 48.5 Å². The summed E-state index contributed by atoms with van der Waals surface area (Å²) in [7, 11) is 0. The van der Waals surface area contributed by atoms with Crippen LogP contribution in [0.2, 0.25) is 0 Å². The van der Waals surface area contributed by atoms with Crippen LogP contribution < -0.4 is 10.5 Å². The Labute approximate surface area is 125 Å². The highest BCUT2D eigenvalue weighted by Gasteiger charge is 2.18. The highest BCUT2D eigenvalue weighted by atomic mass is 19.1. The third-order valence-corrected chi connectivity index (χ3v) is 3.80. The monoisotopic (exact) mass is 287 g/mol. The van der Waals surface area contributed by atoms with Crippen molar-refractivity contribution < 1.29 is 9.13 Å². The molecule has 2 rings (SSSR count). The van der Waals surface area contributed by atoms with E-state index >= 15 is 0 Å². The molecule has 0 aliphatic carbocycles. The Morgan fingerprint density at radius 1 is 1.05 bits per heavy atom. The van der Waals surface area contributed by atoms with E-state index in [0.29, 0.717) is 11.5 Å². The third-order valence-electron chi connectivity index (χ3n) is 3.80. The quantitative estimate of drug-likeness (QED) is 0.853. The number of halogens is 1. The lowest BCUT2D eigenvalue weighted by molar-refractivity contribution is 0.206. The van der Waals surface area contributed by atoms with Crippen LogP contribution in [0.4, 0.5) is 4.39 Å². The van der Waals surface area contributed by atoms with Gasteiger partial charge in [-0.2, -0.15) is 0 Å². The molecular weight excluding hydrogens is 265 g/mol. The fourth-order valence-electron chi connectivity index (χ4n) is 2.34. The van der Waals surface area contributed by atoms with Gasteiger partial charge in [-0.15, -0.1) is 0 Å². The molecule has 2 aromatic rings. The fraction of sp³-hybridized carbons (Fsp3) is 0.333. The lowest BCUT2D eigenvalue weighted by Crippen LogP contribution is -2.20. The highest BCUT2D eigenvalue weighted by molar-refractivity contribution is 5.37. The summed E-state index contributed by atoms with van der Waals surface area (Å²) in [4.78, 5) is 0. The standard InChI is InChI=1S/C18H22FNO/c1-3-13(2)14-8-5-7-11-17(14)21-18(12-20)15-9-4-6-10-16(15)19/h4-11,13,18H,3,12,20H2,1-2H3. The summed E-state index contributed by atoms with van der Waals surface area (Å²) < 4.78 is 19.9. The first-order valence-corrected chi connectivity index (χ1v) is 7.37. The maximum Gasteiger partial charge on any atom is 0.139 e. The molecule has 0 spiro atoms. The van der Waals surface area contributed by atoms with Crippen LogP contribution in [0.5, 0.6) is 5.75 Å². The van der Waals surface area contributed by atoms with Crippen molar-refractivity contribution in [3.63, 3.8) is 0 Å². The van der Waals surface area contributed by atoms with Crippen LogP contribution in [0.1, 0.15) is 43.4 Å². The summed E-state index contributed by atoms with van der Waals surface area (Å²) >= 11 is 0. The topological polar surface area (TPSA) is 35.2 Å². The van der Waals surface area contributed by atoms with Crippen molar-refractivity contribution in [3.8, 4) is 5.75 Å². The Hall–Kier alpha value is -1.87. The molecule has 2 N–H and O–H groups in total. The van der Waals surface area contributed by atoms with Gasteiger partial charge in [0.05, 0.1) is 0 Å². The first kappa shape index (κ1) is 15.5. The molecule has 0 fully saturated rings. The molecule has 2 unspecified atom stereocenters.